The van der Waals surface area contributed by atoms with Crippen LogP contribution in [0.3, 0.4) is 0 Å². The second kappa shape index (κ2) is 6.42. The summed E-state index contributed by atoms with van der Waals surface area (Å²) in [6, 6.07) is 13.3. The third-order valence-electron chi connectivity index (χ3n) is 3.52. The van der Waals surface area contributed by atoms with E-state index >= 15 is 0 Å². The van der Waals surface area contributed by atoms with Crippen LogP contribution in [-0.4, -0.2) is 11.5 Å². The van der Waals surface area contributed by atoms with Gasteiger partial charge >= 0.3 is 0 Å². The van der Waals surface area contributed by atoms with Crippen molar-refractivity contribution in [2.45, 2.75) is 19.9 Å². The molecule has 1 N–H and O–H groups in total. The van der Waals surface area contributed by atoms with Gasteiger partial charge in [0.05, 0.1) is 14.4 Å². The first kappa shape index (κ1) is 14.9. The summed E-state index contributed by atoms with van der Waals surface area (Å²) < 4.78 is 1.32. The Labute approximate surface area is 142 Å². The molecule has 2 nitrogen and oxygen atoms in total. The molecule has 2 heterocycles. The van der Waals surface area contributed by atoms with Gasteiger partial charge < -0.3 is 5.32 Å². The Kier molecular flexibility index (Phi) is 4.57. The third-order valence-corrected chi connectivity index (χ3v) is 5.32. The second-order valence-corrected chi connectivity index (χ2v) is 7.89. The maximum Gasteiger partial charge on any atom is 0.0705 e. The maximum absolute atomic E-state index is 4.58. The molecular weight excluding hydrogens is 391 g/mol. The standard InChI is InChI=1S/C17H17IN2S/c1-3-19-17(14-9-16(18)21-10-14)13-6-7-15-12(8-13)5-4-11(2)20-15/h4-10,17,19H,3H2,1-2H3. The highest BCUT2D eigenvalue weighted by atomic mass is 127. The van der Waals surface area contributed by atoms with E-state index in [-0.39, 0.29) is 6.04 Å². The van der Waals surface area contributed by atoms with Gasteiger partial charge in [-0.1, -0.05) is 19.1 Å². The van der Waals surface area contributed by atoms with Gasteiger partial charge in [0.2, 0.25) is 0 Å². The second-order valence-electron chi connectivity index (χ2n) is 5.08. The summed E-state index contributed by atoms with van der Waals surface area (Å²) in [6.45, 7) is 5.12. The van der Waals surface area contributed by atoms with Gasteiger partial charge in [0.1, 0.15) is 0 Å². The molecule has 3 rings (SSSR count). The van der Waals surface area contributed by atoms with Gasteiger partial charge in [0, 0.05) is 11.1 Å². The van der Waals surface area contributed by atoms with Crippen LogP contribution in [0, 0.1) is 9.81 Å². The van der Waals surface area contributed by atoms with Crippen molar-refractivity contribution in [2.75, 3.05) is 6.54 Å². The van der Waals surface area contributed by atoms with Gasteiger partial charge in [-0.2, -0.15) is 0 Å². The van der Waals surface area contributed by atoms with Crippen molar-refractivity contribution in [1.82, 2.24) is 10.3 Å². The van der Waals surface area contributed by atoms with Gasteiger partial charge in [-0.25, -0.2) is 0 Å². The zero-order chi connectivity index (χ0) is 14.8. The van der Waals surface area contributed by atoms with Crippen LogP contribution in [-0.2, 0) is 0 Å². The van der Waals surface area contributed by atoms with Gasteiger partial charge in [0.25, 0.3) is 0 Å². The minimum absolute atomic E-state index is 0.250. The fourth-order valence-corrected chi connectivity index (χ4v) is 3.93. The van der Waals surface area contributed by atoms with Crippen molar-refractivity contribution in [2.24, 2.45) is 0 Å². The van der Waals surface area contributed by atoms with E-state index in [2.05, 4.69) is 81.6 Å². The molecule has 0 radical (unpaired) electrons. The van der Waals surface area contributed by atoms with E-state index < -0.39 is 0 Å². The van der Waals surface area contributed by atoms with E-state index in [0.717, 1.165) is 17.8 Å². The third kappa shape index (κ3) is 3.27. The largest absolute Gasteiger partial charge is 0.307 e. The number of hydrogen-bond acceptors (Lipinski definition) is 3. The average Bonchev–Trinajstić information content (AvgIpc) is 2.90. The molecule has 0 bridgehead atoms. The van der Waals surface area contributed by atoms with Crippen molar-refractivity contribution in [1.29, 1.82) is 0 Å². The molecule has 1 aromatic carbocycles. The van der Waals surface area contributed by atoms with Crippen LogP contribution in [0.4, 0.5) is 0 Å². The SMILES string of the molecule is CCNC(c1csc(I)c1)c1ccc2nc(C)ccc2c1. The topological polar surface area (TPSA) is 24.9 Å². The molecule has 1 unspecified atom stereocenters. The summed E-state index contributed by atoms with van der Waals surface area (Å²) in [5.74, 6) is 0. The fourth-order valence-electron chi connectivity index (χ4n) is 2.53. The quantitative estimate of drug-likeness (QED) is 0.621. The minimum Gasteiger partial charge on any atom is -0.307 e. The number of aryl methyl sites for hydroxylation is 1. The molecule has 1 atom stereocenters. The predicted octanol–water partition coefficient (Wildman–Crippen LogP) is 4.91. The molecule has 0 aliphatic rings. The van der Waals surface area contributed by atoms with E-state index in [1.165, 1.54) is 19.4 Å². The average molecular weight is 408 g/mol. The number of benzene rings is 1. The van der Waals surface area contributed by atoms with E-state index in [1.807, 2.05) is 6.92 Å². The molecule has 0 spiro atoms. The molecule has 0 fully saturated rings. The first-order valence-electron chi connectivity index (χ1n) is 7.02. The zero-order valence-corrected chi connectivity index (χ0v) is 15.0. The highest BCUT2D eigenvalue weighted by Crippen LogP contribution is 2.29. The van der Waals surface area contributed by atoms with Crippen LogP contribution in [0.2, 0.25) is 0 Å². The zero-order valence-electron chi connectivity index (χ0n) is 12.1. The Hall–Kier alpha value is -0.980. The molecule has 0 aliphatic carbocycles. The van der Waals surface area contributed by atoms with Gasteiger partial charge in [-0.15, -0.1) is 11.3 Å². The van der Waals surface area contributed by atoms with E-state index in [0.29, 0.717) is 0 Å². The summed E-state index contributed by atoms with van der Waals surface area (Å²) in [7, 11) is 0. The smallest absolute Gasteiger partial charge is 0.0705 e. The Morgan fingerprint density at radius 1 is 1.19 bits per heavy atom. The number of nitrogens with zero attached hydrogens (tertiary/aromatic N) is 1. The van der Waals surface area contributed by atoms with Crippen molar-refractivity contribution < 1.29 is 0 Å². The molecule has 0 aliphatic heterocycles. The van der Waals surface area contributed by atoms with Crippen LogP contribution < -0.4 is 5.32 Å². The number of pyridine rings is 1. The molecule has 0 saturated carbocycles. The van der Waals surface area contributed by atoms with Crippen LogP contribution in [0.15, 0.2) is 41.8 Å². The Bertz CT molecular complexity index is 766. The van der Waals surface area contributed by atoms with Crippen molar-refractivity contribution in [3.05, 3.63) is 61.5 Å². The van der Waals surface area contributed by atoms with Crippen LogP contribution in [0.5, 0.6) is 0 Å². The summed E-state index contributed by atoms with van der Waals surface area (Å²) in [4.78, 5) is 4.58. The Morgan fingerprint density at radius 3 is 2.76 bits per heavy atom. The van der Waals surface area contributed by atoms with Crippen LogP contribution in [0.25, 0.3) is 10.9 Å². The number of hydrogen-bond donors (Lipinski definition) is 1. The highest BCUT2D eigenvalue weighted by molar-refractivity contribution is 14.1. The lowest BCUT2D eigenvalue weighted by molar-refractivity contribution is 0.633. The number of fused-ring (bicyclic) bond motifs is 1. The molecule has 2 aromatic heterocycles. The van der Waals surface area contributed by atoms with E-state index in [1.54, 1.807) is 11.3 Å². The predicted molar refractivity (Wildman–Crippen MR) is 99.0 cm³/mol. The summed E-state index contributed by atoms with van der Waals surface area (Å²) in [5, 5.41) is 7.03. The molecule has 0 amide bonds. The first-order chi connectivity index (χ1) is 10.2. The normalized spacial score (nSPS) is 12.7. The lowest BCUT2D eigenvalue weighted by atomic mass is 9.99. The summed E-state index contributed by atoms with van der Waals surface area (Å²) in [5.41, 5.74) is 4.76. The highest BCUT2D eigenvalue weighted by Gasteiger charge is 2.15. The molecule has 108 valence electrons. The molecular formula is C17H17IN2S. The monoisotopic (exact) mass is 408 g/mol. The molecule has 4 heteroatoms. The van der Waals surface area contributed by atoms with Crippen molar-refractivity contribution in [3.8, 4) is 0 Å². The number of thiophene rings is 1. The van der Waals surface area contributed by atoms with Crippen molar-refractivity contribution in [3.63, 3.8) is 0 Å². The first-order valence-corrected chi connectivity index (χ1v) is 8.98. The molecule has 3 aromatic rings. The van der Waals surface area contributed by atoms with Gasteiger partial charge in [0.15, 0.2) is 0 Å². The number of halogens is 1. The van der Waals surface area contributed by atoms with Gasteiger partial charge in [-0.3, -0.25) is 4.98 Å². The van der Waals surface area contributed by atoms with E-state index in [9.17, 15) is 0 Å². The summed E-state index contributed by atoms with van der Waals surface area (Å²) >= 11 is 4.17. The van der Waals surface area contributed by atoms with Gasteiger partial charge in [-0.05, 0) is 76.8 Å². The van der Waals surface area contributed by atoms with Crippen LogP contribution in [0.1, 0.15) is 29.8 Å². The number of nitrogens with one attached hydrogen (secondary N) is 1. The Morgan fingerprint density at radius 2 is 2.05 bits per heavy atom. The fraction of sp³-hybridized carbons (Fsp3) is 0.235. The van der Waals surface area contributed by atoms with Crippen molar-refractivity contribution >= 4 is 44.8 Å². The number of aromatic nitrogens is 1. The summed E-state index contributed by atoms with van der Waals surface area (Å²) in [6.07, 6.45) is 0. The maximum atomic E-state index is 4.58. The number of rotatable bonds is 4. The molecule has 0 saturated heterocycles. The molecule has 21 heavy (non-hydrogen) atoms. The lowest BCUT2D eigenvalue weighted by Crippen LogP contribution is -2.21. The minimum atomic E-state index is 0.250. The lowest BCUT2D eigenvalue weighted by Gasteiger charge is -2.18. The Balaban J connectivity index is 2.04. The van der Waals surface area contributed by atoms with Crippen LogP contribution >= 0.6 is 33.9 Å². The van der Waals surface area contributed by atoms with E-state index in [4.69, 9.17) is 0 Å².